The van der Waals surface area contributed by atoms with Gasteiger partial charge in [-0.25, -0.2) is 0 Å². The summed E-state index contributed by atoms with van der Waals surface area (Å²) in [5, 5.41) is 3.42. The van der Waals surface area contributed by atoms with Crippen LogP contribution in [0.3, 0.4) is 0 Å². The minimum atomic E-state index is 0.136. The molecule has 1 aromatic rings. The second kappa shape index (κ2) is 6.89. The second-order valence-electron chi connectivity index (χ2n) is 6.13. The third-order valence-electron chi connectivity index (χ3n) is 4.11. The number of amides is 1. The van der Waals surface area contributed by atoms with Gasteiger partial charge in [0.15, 0.2) is 0 Å². The number of carbonyl (C=O) groups excluding carboxylic acids is 1. The summed E-state index contributed by atoms with van der Waals surface area (Å²) in [5.41, 5.74) is 1.20. The summed E-state index contributed by atoms with van der Waals surface area (Å²) in [4.78, 5) is 14.7. The number of benzene rings is 1. The van der Waals surface area contributed by atoms with Gasteiger partial charge in [0.25, 0.3) is 0 Å². The predicted molar refractivity (Wildman–Crippen MR) is 82.3 cm³/mol. The fourth-order valence-corrected chi connectivity index (χ4v) is 2.74. The first kappa shape index (κ1) is 15.0. The molecule has 110 valence electrons. The van der Waals surface area contributed by atoms with Gasteiger partial charge in [-0.05, 0) is 39.2 Å². The molecule has 1 aliphatic rings. The van der Waals surface area contributed by atoms with Gasteiger partial charge in [0.05, 0.1) is 5.92 Å². The number of hydrogen-bond donors (Lipinski definition) is 1. The van der Waals surface area contributed by atoms with Crippen molar-refractivity contribution in [2.24, 2.45) is 5.92 Å². The lowest BCUT2D eigenvalue weighted by Gasteiger charge is -2.34. The van der Waals surface area contributed by atoms with Crippen molar-refractivity contribution < 1.29 is 4.79 Å². The predicted octanol–water partition coefficient (Wildman–Crippen LogP) is 2.81. The highest BCUT2D eigenvalue weighted by Crippen LogP contribution is 2.19. The van der Waals surface area contributed by atoms with Gasteiger partial charge in [0.1, 0.15) is 0 Å². The van der Waals surface area contributed by atoms with Gasteiger partial charge in [0, 0.05) is 25.2 Å². The van der Waals surface area contributed by atoms with Gasteiger partial charge in [-0.15, -0.1) is 0 Å². The number of piperidine rings is 1. The van der Waals surface area contributed by atoms with Crippen LogP contribution in [0.2, 0.25) is 0 Å². The fourth-order valence-electron chi connectivity index (χ4n) is 2.74. The summed E-state index contributed by atoms with van der Waals surface area (Å²) in [7, 11) is 0. The molecule has 2 rings (SSSR count). The Morgan fingerprint density at radius 2 is 2.00 bits per heavy atom. The molecule has 1 amide bonds. The molecule has 1 saturated heterocycles. The summed E-state index contributed by atoms with van der Waals surface area (Å²) in [5.74, 6) is 0.431. The largest absolute Gasteiger partial charge is 0.336 e. The van der Waals surface area contributed by atoms with Crippen LogP contribution in [0.25, 0.3) is 0 Å². The minimum absolute atomic E-state index is 0.136. The van der Waals surface area contributed by atoms with Crippen LogP contribution in [0.15, 0.2) is 30.3 Å². The van der Waals surface area contributed by atoms with E-state index in [2.05, 4.69) is 38.2 Å². The topological polar surface area (TPSA) is 32.3 Å². The fraction of sp³-hybridized carbons (Fsp3) is 0.588. The molecule has 3 heteroatoms. The van der Waals surface area contributed by atoms with Crippen LogP contribution < -0.4 is 5.32 Å². The lowest BCUT2D eigenvalue weighted by molar-refractivity contribution is -0.138. The van der Waals surface area contributed by atoms with Gasteiger partial charge in [-0.3, -0.25) is 4.79 Å². The van der Waals surface area contributed by atoms with Crippen molar-refractivity contribution in [2.45, 2.75) is 52.2 Å². The van der Waals surface area contributed by atoms with Crippen LogP contribution in [0, 0.1) is 5.92 Å². The maximum Gasteiger partial charge on any atom is 0.227 e. The normalized spacial score (nSPS) is 22.8. The number of rotatable bonds is 4. The first-order valence-corrected chi connectivity index (χ1v) is 7.65. The SMILES string of the molecule is CC1CCC(C(=O)N(Cc2ccccc2)C(C)C)CN1. The Labute approximate surface area is 122 Å². The summed E-state index contributed by atoms with van der Waals surface area (Å²) in [6, 6.07) is 11.0. The van der Waals surface area contributed by atoms with Crippen molar-refractivity contribution in [2.75, 3.05) is 6.54 Å². The first-order valence-electron chi connectivity index (χ1n) is 7.65. The molecule has 1 fully saturated rings. The van der Waals surface area contributed by atoms with Crippen molar-refractivity contribution in [1.29, 1.82) is 0 Å². The smallest absolute Gasteiger partial charge is 0.227 e. The molecule has 20 heavy (non-hydrogen) atoms. The monoisotopic (exact) mass is 274 g/mol. The molecule has 0 saturated carbocycles. The number of nitrogens with one attached hydrogen (secondary N) is 1. The van der Waals surface area contributed by atoms with E-state index in [0.717, 1.165) is 19.4 Å². The summed E-state index contributed by atoms with van der Waals surface area (Å²) in [6.07, 6.45) is 2.10. The van der Waals surface area contributed by atoms with Gasteiger partial charge in [0.2, 0.25) is 5.91 Å². The highest BCUT2D eigenvalue weighted by molar-refractivity contribution is 5.79. The van der Waals surface area contributed by atoms with Gasteiger partial charge < -0.3 is 10.2 Å². The third kappa shape index (κ3) is 3.83. The first-order chi connectivity index (χ1) is 9.58. The number of hydrogen-bond acceptors (Lipinski definition) is 2. The van der Waals surface area contributed by atoms with Crippen LogP contribution in [0.5, 0.6) is 0 Å². The third-order valence-corrected chi connectivity index (χ3v) is 4.11. The molecule has 0 radical (unpaired) electrons. The van der Waals surface area contributed by atoms with E-state index < -0.39 is 0 Å². The van der Waals surface area contributed by atoms with Crippen molar-refractivity contribution >= 4 is 5.91 Å². The quantitative estimate of drug-likeness (QED) is 0.915. The van der Waals surface area contributed by atoms with E-state index >= 15 is 0 Å². The van der Waals surface area contributed by atoms with E-state index in [1.54, 1.807) is 0 Å². The van der Waals surface area contributed by atoms with E-state index in [-0.39, 0.29) is 12.0 Å². The van der Waals surface area contributed by atoms with E-state index in [1.807, 2.05) is 23.1 Å². The van der Waals surface area contributed by atoms with Gasteiger partial charge in [-0.1, -0.05) is 30.3 Å². The molecule has 1 aromatic carbocycles. The molecule has 1 heterocycles. The van der Waals surface area contributed by atoms with Crippen molar-refractivity contribution in [3.8, 4) is 0 Å². The zero-order chi connectivity index (χ0) is 14.5. The van der Waals surface area contributed by atoms with Gasteiger partial charge >= 0.3 is 0 Å². The highest BCUT2D eigenvalue weighted by Gasteiger charge is 2.29. The van der Waals surface area contributed by atoms with Crippen LogP contribution in [-0.4, -0.2) is 29.4 Å². The Morgan fingerprint density at radius 1 is 1.30 bits per heavy atom. The lowest BCUT2D eigenvalue weighted by Crippen LogP contribution is -2.47. The van der Waals surface area contributed by atoms with Crippen molar-refractivity contribution in [3.05, 3.63) is 35.9 Å². The number of carbonyl (C=O) groups is 1. The minimum Gasteiger partial charge on any atom is -0.336 e. The highest BCUT2D eigenvalue weighted by atomic mass is 16.2. The molecule has 1 N–H and O–H groups in total. The maximum absolute atomic E-state index is 12.7. The summed E-state index contributed by atoms with van der Waals surface area (Å²) >= 11 is 0. The van der Waals surface area contributed by atoms with Crippen molar-refractivity contribution in [3.63, 3.8) is 0 Å². The Balaban J connectivity index is 2.03. The van der Waals surface area contributed by atoms with Crippen LogP contribution in [0.4, 0.5) is 0 Å². The Morgan fingerprint density at radius 3 is 2.55 bits per heavy atom. The van der Waals surface area contributed by atoms with Crippen LogP contribution in [-0.2, 0) is 11.3 Å². The molecule has 0 aromatic heterocycles. The lowest BCUT2D eigenvalue weighted by atomic mass is 9.93. The van der Waals surface area contributed by atoms with E-state index in [0.29, 0.717) is 18.5 Å². The Hall–Kier alpha value is -1.35. The van der Waals surface area contributed by atoms with Crippen LogP contribution >= 0.6 is 0 Å². The summed E-state index contributed by atoms with van der Waals surface area (Å²) < 4.78 is 0. The van der Waals surface area contributed by atoms with E-state index in [4.69, 9.17) is 0 Å². The average molecular weight is 274 g/mol. The molecule has 3 nitrogen and oxygen atoms in total. The molecule has 0 aliphatic carbocycles. The van der Waals surface area contributed by atoms with Crippen molar-refractivity contribution in [1.82, 2.24) is 10.2 Å². The van der Waals surface area contributed by atoms with E-state index in [9.17, 15) is 4.79 Å². The zero-order valence-electron chi connectivity index (χ0n) is 12.8. The molecule has 2 unspecified atom stereocenters. The second-order valence-corrected chi connectivity index (χ2v) is 6.13. The molecule has 0 bridgehead atoms. The molecular weight excluding hydrogens is 248 g/mol. The Bertz CT molecular complexity index is 422. The van der Waals surface area contributed by atoms with Gasteiger partial charge in [-0.2, -0.15) is 0 Å². The van der Waals surface area contributed by atoms with E-state index in [1.165, 1.54) is 5.56 Å². The maximum atomic E-state index is 12.7. The molecular formula is C17H26N2O. The standard InChI is InChI=1S/C17H26N2O/c1-13(2)19(12-15-7-5-4-6-8-15)17(20)16-10-9-14(3)18-11-16/h4-8,13-14,16,18H,9-12H2,1-3H3. The Kier molecular flexibility index (Phi) is 5.18. The average Bonchev–Trinajstić information content (AvgIpc) is 2.45. The summed E-state index contributed by atoms with van der Waals surface area (Å²) in [6.45, 7) is 7.91. The number of nitrogens with zero attached hydrogens (tertiary/aromatic N) is 1. The molecule has 0 spiro atoms. The molecule has 2 atom stereocenters. The van der Waals surface area contributed by atoms with Crippen LogP contribution in [0.1, 0.15) is 39.2 Å². The zero-order valence-corrected chi connectivity index (χ0v) is 12.8. The molecule has 1 aliphatic heterocycles.